The number of carbonyl (C=O) groups excluding carboxylic acids is 3. The van der Waals surface area contributed by atoms with E-state index in [1.165, 1.54) is 0 Å². The number of ether oxygens (including phenoxy) is 1. The molecular weight excluding hydrogens is 530 g/mol. The molecule has 0 spiro atoms. The first-order valence-electron chi connectivity index (χ1n) is 13.3. The molecule has 2 aliphatic rings. The minimum absolute atomic E-state index is 0.0685. The number of hydrogen-bond donors (Lipinski definition) is 5. The highest BCUT2D eigenvalue weighted by molar-refractivity contribution is 7.86. The first-order chi connectivity index (χ1) is 18.3. The van der Waals surface area contributed by atoms with Crippen LogP contribution in [0.2, 0.25) is 0 Å². The second kappa shape index (κ2) is 13.0. The van der Waals surface area contributed by atoms with E-state index in [0.717, 1.165) is 18.4 Å². The molecule has 0 bridgehead atoms. The Labute approximate surface area is 228 Å². The van der Waals surface area contributed by atoms with Gasteiger partial charge in [0, 0.05) is 18.9 Å². The molecule has 2 fully saturated rings. The first kappa shape index (κ1) is 30.6. The van der Waals surface area contributed by atoms with Crippen molar-refractivity contribution in [3.8, 4) is 5.75 Å². The maximum Gasteiger partial charge on any atom is 0.408 e. The maximum absolute atomic E-state index is 13.2. The average molecular weight is 569 g/mol. The van der Waals surface area contributed by atoms with Crippen LogP contribution < -0.4 is 16.0 Å². The van der Waals surface area contributed by atoms with Crippen LogP contribution in [0.4, 0.5) is 4.79 Å². The summed E-state index contributed by atoms with van der Waals surface area (Å²) in [6, 6.07) is 3.99. The van der Waals surface area contributed by atoms with Crippen molar-refractivity contribution in [2.75, 3.05) is 6.54 Å². The van der Waals surface area contributed by atoms with Crippen LogP contribution in [0, 0.1) is 11.8 Å². The molecule has 3 rings (SSSR count). The van der Waals surface area contributed by atoms with E-state index in [4.69, 9.17) is 4.74 Å². The standard InChI is InChI=1S/C26H39N3O9S/c1-16(2)12-20(23(32)28-21(24(33)39(35,36)37)14-18-8-11-27-22(18)31)29-25(34)38-26(9-3-4-10-26)15-17-6-5-7-19(30)13-17/h5-7,13,16,18,20-21,24,30,33H,3-4,8-12,14-15H2,1-2H3,(H,27,31)(H,28,32)(H,29,34)(H,35,36,37)/p-1/t18-,20-,21-,24?/m0/s1. The monoisotopic (exact) mass is 568 g/mol. The van der Waals surface area contributed by atoms with E-state index in [-0.39, 0.29) is 30.4 Å². The normalized spacial score (nSPS) is 21.2. The van der Waals surface area contributed by atoms with E-state index >= 15 is 0 Å². The van der Waals surface area contributed by atoms with Crippen molar-refractivity contribution in [1.29, 1.82) is 0 Å². The van der Waals surface area contributed by atoms with Crippen LogP contribution >= 0.6 is 0 Å². The van der Waals surface area contributed by atoms with Crippen LogP contribution in [0.5, 0.6) is 5.75 Å². The van der Waals surface area contributed by atoms with E-state index in [1.807, 2.05) is 19.9 Å². The summed E-state index contributed by atoms with van der Waals surface area (Å²) >= 11 is 0. The number of rotatable bonds is 12. The molecule has 5 N–H and O–H groups in total. The molecule has 1 saturated carbocycles. The largest absolute Gasteiger partial charge is 0.746 e. The van der Waals surface area contributed by atoms with Gasteiger partial charge in [-0.3, -0.25) is 9.59 Å². The molecule has 1 saturated heterocycles. The van der Waals surface area contributed by atoms with Gasteiger partial charge < -0.3 is 35.5 Å². The molecule has 1 heterocycles. The number of aliphatic hydroxyl groups is 1. The Morgan fingerprint density at radius 2 is 1.92 bits per heavy atom. The third kappa shape index (κ3) is 8.80. The SMILES string of the molecule is CC(C)C[C@H](NC(=O)OC1(Cc2cccc(O)c2)CCCC1)C(=O)N[C@@H](C[C@@H]1CCNC1=O)C(O)S(=O)(=O)[O-]. The van der Waals surface area contributed by atoms with Crippen molar-refractivity contribution < 1.29 is 42.3 Å². The number of hydrogen-bond acceptors (Lipinski definition) is 9. The zero-order valence-corrected chi connectivity index (χ0v) is 23.0. The molecule has 0 aromatic heterocycles. The molecule has 13 heteroatoms. The Hall–Kier alpha value is -2.90. The average Bonchev–Trinajstić information content (AvgIpc) is 3.45. The molecule has 39 heavy (non-hydrogen) atoms. The van der Waals surface area contributed by atoms with E-state index in [1.54, 1.807) is 18.2 Å². The number of benzene rings is 1. The summed E-state index contributed by atoms with van der Waals surface area (Å²) in [4.78, 5) is 38.3. The van der Waals surface area contributed by atoms with Gasteiger partial charge >= 0.3 is 6.09 Å². The molecule has 1 aliphatic carbocycles. The van der Waals surface area contributed by atoms with Gasteiger partial charge in [0.25, 0.3) is 0 Å². The predicted octanol–water partition coefficient (Wildman–Crippen LogP) is 1.26. The fourth-order valence-corrected chi connectivity index (χ4v) is 5.93. The minimum atomic E-state index is -5.21. The van der Waals surface area contributed by atoms with E-state index in [2.05, 4.69) is 16.0 Å². The van der Waals surface area contributed by atoms with Crippen LogP contribution in [0.15, 0.2) is 24.3 Å². The van der Waals surface area contributed by atoms with Gasteiger partial charge in [-0.05, 0) is 68.6 Å². The molecule has 4 atom stereocenters. The quantitative estimate of drug-likeness (QED) is 0.231. The first-order valence-corrected chi connectivity index (χ1v) is 14.7. The molecule has 1 aromatic carbocycles. The summed E-state index contributed by atoms with van der Waals surface area (Å²) in [5, 5.41) is 27.6. The Morgan fingerprint density at radius 3 is 2.49 bits per heavy atom. The van der Waals surface area contributed by atoms with Gasteiger partial charge in [0.1, 0.15) is 27.5 Å². The molecule has 1 aliphatic heterocycles. The van der Waals surface area contributed by atoms with Crippen molar-refractivity contribution >= 4 is 28.0 Å². The molecule has 12 nitrogen and oxygen atoms in total. The van der Waals surface area contributed by atoms with Gasteiger partial charge in [-0.15, -0.1) is 0 Å². The summed E-state index contributed by atoms with van der Waals surface area (Å²) in [5.74, 6) is -1.82. The number of carbonyl (C=O) groups is 3. The summed E-state index contributed by atoms with van der Waals surface area (Å²) in [5.41, 5.74) is -2.49. The Balaban J connectivity index is 1.73. The van der Waals surface area contributed by atoms with Gasteiger partial charge in [0.05, 0.1) is 6.04 Å². The van der Waals surface area contributed by atoms with Gasteiger partial charge in [0.2, 0.25) is 11.8 Å². The number of aromatic hydroxyl groups is 1. The number of alkyl carbamates (subject to hydrolysis) is 1. The third-order valence-corrected chi connectivity index (χ3v) is 8.17. The van der Waals surface area contributed by atoms with Crippen LogP contribution in [0.25, 0.3) is 0 Å². The number of phenolic OH excluding ortho intramolecular Hbond substituents is 1. The molecule has 0 radical (unpaired) electrons. The van der Waals surface area contributed by atoms with Crippen molar-refractivity contribution in [3.63, 3.8) is 0 Å². The van der Waals surface area contributed by atoms with Gasteiger partial charge in [-0.25, -0.2) is 13.2 Å². The van der Waals surface area contributed by atoms with Crippen molar-refractivity contribution in [2.45, 2.75) is 88.3 Å². The number of aliphatic hydroxyl groups excluding tert-OH is 1. The summed E-state index contributed by atoms with van der Waals surface area (Å²) in [6.07, 6.45) is 2.73. The van der Waals surface area contributed by atoms with Crippen LogP contribution in [-0.2, 0) is 30.9 Å². The lowest BCUT2D eigenvalue weighted by Gasteiger charge is -2.32. The second-order valence-corrected chi connectivity index (χ2v) is 12.4. The van der Waals surface area contributed by atoms with Crippen LogP contribution in [0.3, 0.4) is 0 Å². The smallest absolute Gasteiger partial charge is 0.408 e. The molecule has 1 unspecified atom stereocenters. The summed E-state index contributed by atoms with van der Waals surface area (Å²) in [6.45, 7) is 4.01. The number of nitrogens with one attached hydrogen (secondary N) is 3. The van der Waals surface area contributed by atoms with E-state index < -0.39 is 51.2 Å². The zero-order valence-electron chi connectivity index (χ0n) is 22.2. The fraction of sp³-hybridized carbons (Fsp3) is 0.654. The van der Waals surface area contributed by atoms with Crippen molar-refractivity contribution in [2.24, 2.45) is 11.8 Å². The lowest BCUT2D eigenvalue weighted by molar-refractivity contribution is -0.126. The molecule has 3 amide bonds. The molecule has 1 aromatic rings. The van der Waals surface area contributed by atoms with Crippen molar-refractivity contribution in [3.05, 3.63) is 29.8 Å². The fourth-order valence-electron chi connectivity index (χ4n) is 5.35. The second-order valence-electron chi connectivity index (χ2n) is 11.0. The Kier molecular flexibility index (Phi) is 10.2. The molecular formula is C26H38N3O9S-. The van der Waals surface area contributed by atoms with Crippen molar-refractivity contribution in [1.82, 2.24) is 16.0 Å². The maximum atomic E-state index is 13.2. The highest BCUT2D eigenvalue weighted by Gasteiger charge is 2.40. The highest BCUT2D eigenvalue weighted by Crippen LogP contribution is 2.37. The predicted molar refractivity (Wildman–Crippen MR) is 139 cm³/mol. The highest BCUT2D eigenvalue weighted by atomic mass is 32.2. The van der Waals surface area contributed by atoms with Gasteiger partial charge in [0.15, 0.2) is 5.44 Å². The topological polar surface area (TPSA) is 194 Å². The van der Waals surface area contributed by atoms with E-state index in [0.29, 0.717) is 32.2 Å². The Morgan fingerprint density at radius 1 is 1.23 bits per heavy atom. The minimum Gasteiger partial charge on any atom is -0.746 e. The van der Waals surface area contributed by atoms with Gasteiger partial charge in [-0.1, -0.05) is 26.0 Å². The Bertz CT molecular complexity index is 1140. The van der Waals surface area contributed by atoms with E-state index in [9.17, 15) is 37.6 Å². The van der Waals surface area contributed by atoms with Crippen LogP contribution in [0.1, 0.15) is 64.4 Å². The number of phenols is 1. The summed E-state index contributed by atoms with van der Waals surface area (Å²) < 4.78 is 40.6. The van der Waals surface area contributed by atoms with Crippen LogP contribution in [-0.4, -0.2) is 70.8 Å². The zero-order chi connectivity index (χ0) is 28.8. The lowest BCUT2D eigenvalue weighted by atomic mass is 9.92. The third-order valence-electron chi connectivity index (χ3n) is 7.25. The van der Waals surface area contributed by atoms with Gasteiger partial charge in [-0.2, -0.15) is 0 Å². The molecule has 218 valence electrons. The number of amides is 3. The lowest BCUT2D eigenvalue weighted by Crippen LogP contribution is -2.55. The summed E-state index contributed by atoms with van der Waals surface area (Å²) in [7, 11) is -5.21.